The summed E-state index contributed by atoms with van der Waals surface area (Å²) in [6.07, 6.45) is 5.21. The van der Waals surface area contributed by atoms with Gasteiger partial charge in [0.05, 0.1) is 24.0 Å². The third-order valence-corrected chi connectivity index (χ3v) is 4.86. The van der Waals surface area contributed by atoms with Crippen molar-refractivity contribution in [2.45, 2.75) is 25.3 Å². The first-order valence-corrected chi connectivity index (χ1v) is 9.08. The predicted octanol–water partition coefficient (Wildman–Crippen LogP) is 2.70. The highest BCUT2D eigenvalue weighted by molar-refractivity contribution is 7.97. The molecule has 1 atom stereocenters. The molecule has 0 spiro atoms. The summed E-state index contributed by atoms with van der Waals surface area (Å²) in [4.78, 5) is 26.4. The molecule has 0 aliphatic carbocycles. The lowest BCUT2D eigenvalue weighted by atomic mass is 10.2. The van der Waals surface area contributed by atoms with Crippen molar-refractivity contribution in [3.8, 4) is 0 Å². The van der Waals surface area contributed by atoms with Crippen LogP contribution in [0, 0.1) is 0 Å². The third kappa shape index (κ3) is 4.41. The van der Waals surface area contributed by atoms with Crippen LogP contribution in [0.25, 0.3) is 0 Å². The summed E-state index contributed by atoms with van der Waals surface area (Å²) in [5.74, 6) is 0.906. The summed E-state index contributed by atoms with van der Waals surface area (Å²) in [6.45, 7) is 2.37. The van der Waals surface area contributed by atoms with E-state index in [9.17, 15) is 4.79 Å². The minimum Gasteiger partial charge on any atom is -0.332 e. The van der Waals surface area contributed by atoms with Gasteiger partial charge in [0.25, 0.3) is 0 Å². The van der Waals surface area contributed by atoms with Gasteiger partial charge in [-0.3, -0.25) is 0 Å². The van der Waals surface area contributed by atoms with Gasteiger partial charge in [0, 0.05) is 24.4 Å². The predicted molar refractivity (Wildman–Crippen MR) is 89.8 cm³/mol. The maximum absolute atomic E-state index is 12.2. The number of rotatable bonds is 6. The highest BCUT2D eigenvalue weighted by atomic mass is 32.2. The van der Waals surface area contributed by atoms with Crippen molar-refractivity contribution in [1.29, 1.82) is 0 Å². The van der Waals surface area contributed by atoms with Gasteiger partial charge in [-0.1, -0.05) is 0 Å². The van der Waals surface area contributed by atoms with Crippen molar-refractivity contribution in [3.63, 3.8) is 0 Å². The van der Waals surface area contributed by atoms with E-state index in [0.717, 1.165) is 22.1 Å². The lowest BCUT2D eigenvalue weighted by molar-refractivity contribution is 0.193. The van der Waals surface area contributed by atoms with E-state index < -0.39 is 0 Å². The Hall–Kier alpha value is -1.67. The molecule has 0 unspecified atom stereocenters. The summed E-state index contributed by atoms with van der Waals surface area (Å²) in [7, 11) is 1.75. The van der Waals surface area contributed by atoms with E-state index >= 15 is 0 Å². The van der Waals surface area contributed by atoms with Crippen molar-refractivity contribution in [2.24, 2.45) is 0 Å². The standard InChI is InChI=1S/C14H19N5OS2/c1-10(12-4-5-15-9-17-12)19(2)14(20)16-6-11-7-22-13(18-11)8-21-3/h4-5,7,9-10H,6,8H2,1-3H3,(H,16,20)/t10-/m0/s1. The van der Waals surface area contributed by atoms with E-state index in [-0.39, 0.29) is 12.1 Å². The van der Waals surface area contributed by atoms with Crippen LogP contribution in [0.3, 0.4) is 0 Å². The SMILES string of the molecule is CSCc1nc(CNC(=O)N(C)[C@@H](C)c2ccncn2)cs1. The fourth-order valence-corrected chi connectivity index (χ4v) is 3.35. The Kier molecular flexibility index (Phi) is 6.14. The molecule has 0 fully saturated rings. The molecule has 6 nitrogen and oxygen atoms in total. The smallest absolute Gasteiger partial charge is 0.318 e. The number of nitrogens with one attached hydrogen (secondary N) is 1. The van der Waals surface area contributed by atoms with Gasteiger partial charge in [0.2, 0.25) is 0 Å². The van der Waals surface area contributed by atoms with Crippen LogP contribution >= 0.6 is 23.1 Å². The molecule has 1 N–H and O–H groups in total. The average molecular weight is 337 g/mol. The molecule has 2 aromatic heterocycles. The Morgan fingerprint density at radius 1 is 1.55 bits per heavy atom. The summed E-state index contributed by atoms with van der Waals surface area (Å²) in [5.41, 5.74) is 1.70. The first kappa shape index (κ1) is 16.7. The minimum atomic E-state index is -0.148. The van der Waals surface area contributed by atoms with E-state index in [4.69, 9.17) is 0 Å². The zero-order valence-corrected chi connectivity index (χ0v) is 14.4. The maximum atomic E-state index is 12.2. The van der Waals surface area contributed by atoms with Crippen LogP contribution in [-0.2, 0) is 12.3 Å². The largest absolute Gasteiger partial charge is 0.332 e. The molecule has 118 valence electrons. The maximum Gasteiger partial charge on any atom is 0.318 e. The average Bonchev–Trinajstić information content (AvgIpc) is 3.00. The Morgan fingerprint density at radius 3 is 3.05 bits per heavy atom. The van der Waals surface area contributed by atoms with Crippen LogP contribution in [0.5, 0.6) is 0 Å². The number of hydrogen-bond acceptors (Lipinski definition) is 6. The Balaban J connectivity index is 1.88. The van der Waals surface area contributed by atoms with Crippen molar-refractivity contribution in [2.75, 3.05) is 13.3 Å². The van der Waals surface area contributed by atoms with Crippen molar-refractivity contribution < 1.29 is 4.79 Å². The minimum absolute atomic E-state index is 0.120. The second kappa shape index (κ2) is 8.09. The van der Waals surface area contributed by atoms with Crippen molar-refractivity contribution in [3.05, 3.63) is 40.4 Å². The normalized spacial score (nSPS) is 12.0. The van der Waals surface area contributed by atoms with Crippen LogP contribution < -0.4 is 5.32 Å². The third-order valence-electron chi connectivity index (χ3n) is 3.22. The molecule has 2 amide bonds. The molecule has 2 rings (SSSR count). The van der Waals surface area contributed by atoms with Gasteiger partial charge in [-0.05, 0) is 19.2 Å². The van der Waals surface area contributed by atoms with Gasteiger partial charge in [-0.25, -0.2) is 19.7 Å². The summed E-state index contributed by atoms with van der Waals surface area (Å²) >= 11 is 3.36. The second-order valence-electron chi connectivity index (χ2n) is 4.75. The molecule has 22 heavy (non-hydrogen) atoms. The van der Waals surface area contributed by atoms with E-state index in [1.165, 1.54) is 6.33 Å². The van der Waals surface area contributed by atoms with Gasteiger partial charge >= 0.3 is 6.03 Å². The number of thioether (sulfide) groups is 1. The molecule has 2 heterocycles. The molecule has 0 saturated heterocycles. The number of amides is 2. The number of hydrogen-bond donors (Lipinski definition) is 1. The molecular weight excluding hydrogens is 318 g/mol. The molecule has 0 aliphatic heterocycles. The monoisotopic (exact) mass is 337 g/mol. The van der Waals surface area contributed by atoms with E-state index in [1.54, 1.807) is 41.2 Å². The van der Waals surface area contributed by atoms with Crippen LogP contribution in [0.4, 0.5) is 4.79 Å². The van der Waals surface area contributed by atoms with E-state index in [0.29, 0.717) is 6.54 Å². The highest BCUT2D eigenvalue weighted by Crippen LogP contribution is 2.16. The highest BCUT2D eigenvalue weighted by Gasteiger charge is 2.18. The van der Waals surface area contributed by atoms with Crippen LogP contribution in [-0.4, -0.2) is 39.2 Å². The quantitative estimate of drug-likeness (QED) is 0.877. The molecular formula is C14H19N5OS2. The van der Waals surface area contributed by atoms with Gasteiger partial charge in [0.1, 0.15) is 11.3 Å². The van der Waals surface area contributed by atoms with Crippen molar-refractivity contribution >= 4 is 29.1 Å². The number of aromatic nitrogens is 3. The molecule has 0 aromatic carbocycles. The van der Waals surface area contributed by atoms with E-state index in [2.05, 4.69) is 20.3 Å². The van der Waals surface area contributed by atoms with Gasteiger partial charge in [0.15, 0.2) is 0 Å². The Bertz CT molecular complexity index is 604. The van der Waals surface area contributed by atoms with Gasteiger partial charge in [-0.2, -0.15) is 11.8 Å². The van der Waals surface area contributed by atoms with Gasteiger partial charge < -0.3 is 10.2 Å². The molecule has 0 bridgehead atoms. The Morgan fingerprint density at radius 2 is 2.36 bits per heavy atom. The topological polar surface area (TPSA) is 71.0 Å². The number of nitrogens with zero attached hydrogens (tertiary/aromatic N) is 4. The van der Waals surface area contributed by atoms with Gasteiger partial charge in [-0.15, -0.1) is 11.3 Å². The number of carbonyl (C=O) groups is 1. The summed E-state index contributed by atoms with van der Waals surface area (Å²) in [6, 6.07) is 1.54. The lowest BCUT2D eigenvalue weighted by Crippen LogP contribution is -2.38. The number of carbonyl (C=O) groups excluding carboxylic acids is 1. The zero-order valence-electron chi connectivity index (χ0n) is 12.8. The summed E-state index contributed by atoms with van der Waals surface area (Å²) in [5, 5.41) is 5.95. The van der Waals surface area contributed by atoms with Crippen molar-refractivity contribution in [1.82, 2.24) is 25.2 Å². The first-order valence-electron chi connectivity index (χ1n) is 6.80. The fraction of sp³-hybridized carbons (Fsp3) is 0.429. The summed E-state index contributed by atoms with van der Waals surface area (Å²) < 4.78 is 0. The fourth-order valence-electron chi connectivity index (χ4n) is 1.83. The lowest BCUT2D eigenvalue weighted by Gasteiger charge is -2.24. The van der Waals surface area contributed by atoms with Crippen LogP contribution in [0.2, 0.25) is 0 Å². The zero-order chi connectivity index (χ0) is 15.9. The van der Waals surface area contributed by atoms with Crippen LogP contribution in [0.15, 0.2) is 24.0 Å². The molecule has 0 radical (unpaired) electrons. The molecule has 2 aromatic rings. The van der Waals surface area contributed by atoms with Crippen LogP contribution in [0.1, 0.15) is 29.4 Å². The number of urea groups is 1. The molecule has 8 heteroatoms. The number of thiazole rings is 1. The molecule has 0 aliphatic rings. The Labute approximate surface area is 138 Å². The first-order chi connectivity index (χ1) is 10.6. The second-order valence-corrected chi connectivity index (χ2v) is 6.55. The molecule has 0 saturated carbocycles. The van der Waals surface area contributed by atoms with E-state index in [1.807, 2.05) is 24.6 Å².